The molecule has 1 atom stereocenters. The van der Waals surface area contributed by atoms with Gasteiger partial charge in [0.05, 0.1) is 0 Å². The number of nitrogens with zero attached hydrogens (tertiary/aromatic N) is 1. The Morgan fingerprint density at radius 1 is 1.22 bits per heavy atom. The van der Waals surface area contributed by atoms with Crippen molar-refractivity contribution in [2.24, 2.45) is 0 Å². The second kappa shape index (κ2) is 7.10. The molecule has 18 heavy (non-hydrogen) atoms. The van der Waals surface area contributed by atoms with Crippen LogP contribution in [0.3, 0.4) is 0 Å². The SMILES string of the molecule is Cl.[2H]C([2H])([2H])N(C(C)C=C(c1cccs1)c1cccs1)C([2H])([2H])[2H]. The van der Waals surface area contributed by atoms with Crippen molar-refractivity contribution < 1.29 is 8.22 Å². The number of rotatable bonds is 4. The fraction of sp³-hybridized carbons (Fsp3) is 0.286. The lowest BCUT2D eigenvalue weighted by Crippen LogP contribution is -2.22. The summed E-state index contributed by atoms with van der Waals surface area (Å²) in [5.41, 5.74) is 0.862. The van der Waals surface area contributed by atoms with Gasteiger partial charge in [-0.15, -0.1) is 35.1 Å². The van der Waals surface area contributed by atoms with Crippen LogP contribution in [-0.4, -0.2) is 24.9 Å². The summed E-state index contributed by atoms with van der Waals surface area (Å²) in [6, 6.07) is 6.94. The summed E-state index contributed by atoms with van der Waals surface area (Å²) in [7, 11) is 0. The molecule has 1 unspecified atom stereocenters. The Kier molecular flexibility index (Phi) is 3.37. The van der Waals surface area contributed by atoms with Gasteiger partial charge in [-0.3, -0.25) is 0 Å². The summed E-state index contributed by atoms with van der Waals surface area (Å²) >= 11 is 3.07. The highest BCUT2D eigenvalue weighted by molar-refractivity contribution is 7.13. The fourth-order valence-electron chi connectivity index (χ4n) is 1.47. The number of hydrogen-bond donors (Lipinski definition) is 0. The van der Waals surface area contributed by atoms with Crippen LogP contribution in [0.25, 0.3) is 5.57 Å². The number of halogens is 1. The molecule has 0 aliphatic carbocycles. The smallest absolute Gasteiger partial charge is 0.0394 e. The van der Waals surface area contributed by atoms with E-state index in [1.165, 1.54) is 22.7 Å². The molecule has 0 aliphatic heterocycles. The molecule has 0 N–H and O–H groups in total. The van der Waals surface area contributed by atoms with Crippen molar-refractivity contribution in [3.05, 3.63) is 50.9 Å². The largest absolute Gasteiger partial charge is 0.303 e. The topological polar surface area (TPSA) is 3.24 Å². The lowest BCUT2D eigenvalue weighted by atomic mass is 10.1. The first kappa shape index (κ1) is 8.54. The average molecular weight is 306 g/mol. The van der Waals surface area contributed by atoms with Crippen molar-refractivity contribution in [3.63, 3.8) is 0 Å². The molecule has 4 heteroatoms. The van der Waals surface area contributed by atoms with Crippen molar-refractivity contribution in [1.82, 2.24) is 4.90 Å². The lowest BCUT2D eigenvalue weighted by molar-refractivity contribution is 0.364. The predicted molar refractivity (Wildman–Crippen MR) is 86.1 cm³/mol. The van der Waals surface area contributed by atoms with Gasteiger partial charge in [-0.05, 0) is 43.8 Å². The highest BCUT2D eigenvalue weighted by atomic mass is 35.5. The zero-order valence-corrected chi connectivity index (χ0v) is 12.2. The van der Waals surface area contributed by atoms with Gasteiger partial charge in [0.25, 0.3) is 0 Å². The van der Waals surface area contributed by atoms with Crippen LogP contribution < -0.4 is 0 Å². The molecular weight excluding hydrogens is 282 g/mol. The van der Waals surface area contributed by atoms with Gasteiger partial charge in [0.2, 0.25) is 0 Å². The van der Waals surface area contributed by atoms with E-state index in [2.05, 4.69) is 0 Å². The van der Waals surface area contributed by atoms with Gasteiger partial charge in [0.1, 0.15) is 0 Å². The van der Waals surface area contributed by atoms with Crippen LogP contribution in [0, 0.1) is 0 Å². The van der Waals surface area contributed by atoms with E-state index < -0.39 is 20.0 Å². The first-order chi connectivity index (χ1) is 10.6. The zero-order valence-electron chi connectivity index (χ0n) is 15.8. The Hall–Kier alpha value is -0.610. The third-order valence-corrected chi connectivity index (χ3v) is 4.19. The van der Waals surface area contributed by atoms with Crippen LogP contribution in [0.5, 0.6) is 0 Å². The molecule has 0 bridgehead atoms. The van der Waals surface area contributed by atoms with Crippen molar-refractivity contribution in [1.29, 1.82) is 0 Å². The van der Waals surface area contributed by atoms with Gasteiger partial charge in [-0.25, -0.2) is 0 Å². The molecule has 2 aromatic rings. The normalized spacial score (nSPS) is 18.3. The Bertz CT molecular complexity index is 596. The van der Waals surface area contributed by atoms with E-state index in [9.17, 15) is 0 Å². The lowest BCUT2D eigenvalue weighted by Gasteiger charge is -2.17. The molecule has 0 radical (unpaired) electrons. The Morgan fingerprint density at radius 3 is 2.17 bits per heavy atom. The molecule has 2 heterocycles. The molecule has 2 rings (SSSR count). The highest BCUT2D eigenvalue weighted by Gasteiger charge is 2.10. The quantitative estimate of drug-likeness (QED) is 0.797. The first-order valence-corrected chi connectivity index (χ1v) is 6.95. The number of likely N-dealkylation sites (N-methyl/N-ethyl adjacent to an activating group) is 1. The van der Waals surface area contributed by atoms with E-state index in [0.717, 1.165) is 15.3 Å². The molecule has 98 valence electrons. The third-order valence-electron chi connectivity index (χ3n) is 2.39. The van der Waals surface area contributed by atoms with E-state index in [0.29, 0.717) is 4.90 Å². The van der Waals surface area contributed by atoms with Crippen molar-refractivity contribution >= 4 is 40.7 Å². The van der Waals surface area contributed by atoms with Gasteiger partial charge in [0.15, 0.2) is 0 Å². The average Bonchev–Trinajstić information content (AvgIpc) is 3.06. The highest BCUT2D eigenvalue weighted by Crippen LogP contribution is 2.30. The molecule has 0 aromatic carbocycles. The first-order valence-electron chi connectivity index (χ1n) is 8.20. The maximum atomic E-state index is 7.54. The molecular formula is C14H18ClNS2. The van der Waals surface area contributed by atoms with E-state index in [1.54, 1.807) is 13.0 Å². The van der Waals surface area contributed by atoms with Gasteiger partial charge in [-0.2, -0.15) is 0 Å². The van der Waals surface area contributed by atoms with Gasteiger partial charge < -0.3 is 4.90 Å². The maximum absolute atomic E-state index is 7.54. The standard InChI is InChI=1S/C14H17NS2.ClH/c1-11(15(2)3)10-12(13-6-4-8-16-13)14-7-5-9-17-14;/h4-11H,1-3H3;1H/i2D3,3D3;. The Balaban J connectivity index is 0.00000288. The van der Waals surface area contributed by atoms with Crippen LogP contribution in [0.1, 0.15) is 24.9 Å². The van der Waals surface area contributed by atoms with Gasteiger partial charge in [-0.1, -0.05) is 18.2 Å². The minimum absolute atomic E-state index is 0. The minimum atomic E-state index is -2.70. The number of thiophene rings is 2. The Labute approximate surface area is 132 Å². The van der Waals surface area contributed by atoms with E-state index in [4.69, 9.17) is 8.22 Å². The molecule has 0 spiro atoms. The summed E-state index contributed by atoms with van der Waals surface area (Å²) in [5, 5.41) is 3.87. The van der Waals surface area contributed by atoms with Crippen LogP contribution in [0.15, 0.2) is 41.1 Å². The summed E-state index contributed by atoms with van der Waals surface area (Å²) in [5.74, 6) is 0. The van der Waals surface area contributed by atoms with Crippen molar-refractivity contribution in [2.75, 3.05) is 14.0 Å². The van der Waals surface area contributed by atoms with Crippen LogP contribution in [0.4, 0.5) is 0 Å². The second-order valence-electron chi connectivity index (χ2n) is 3.65. The summed E-state index contributed by atoms with van der Waals surface area (Å²) in [4.78, 5) is 2.56. The predicted octanol–water partition coefficient (Wildman–Crippen LogP) is 4.61. The molecule has 0 aliphatic rings. The van der Waals surface area contributed by atoms with Gasteiger partial charge >= 0.3 is 0 Å². The fourth-order valence-corrected chi connectivity index (χ4v) is 3.06. The second-order valence-corrected chi connectivity index (χ2v) is 5.54. The summed E-state index contributed by atoms with van der Waals surface area (Å²) < 4.78 is 45.3. The summed E-state index contributed by atoms with van der Waals surface area (Å²) in [6.07, 6.45) is 1.72. The number of hydrogen-bond acceptors (Lipinski definition) is 3. The third kappa shape index (κ3) is 3.69. The molecule has 0 saturated carbocycles. The molecule has 2 aromatic heterocycles. The minimum Gasteiger partial charge on any atom is -0.303 e. The van der Waals surface area contributed by atoms with Crippen LogP contribution in [-0.2, 0) is 0 Å². The monoisotopic (exact) mass is 305 g/mol. The summed E-state index contributed by atoms with van der Waals surface area (Å²) in [6.45, 7) is -3.80. The van der Waals surface area contributed by atoms with Crippen molar-refractivity contribution in [2.45, 2.75) is 13.0 Å². The molecule has 0 amide bonds. The van der Waals surface area contributed by atoms with Crippen molar-refractivity contribution in [3.8, 4) is 0 Å². The van der Waals surface area contributed by atoms with Gasteiger partial charge in [0, 0.05) is 29.6 Å². The zero-order chi connectivity index (χ0) is 17.3. The molecule has 1 nitrogen and oxygen atoms in total. The Morgan fingerprint density at radius 2 is 1.78 bits per heavy atom. The van der Waals surface area contributed by atoms with Crippen LogP contribution >= 0.6 is 35.1 Å². The van der Waals surface area contributed by atoms with Crippen LogP contribution in [0.2, 0.25) is 0 Å². The van der Waals surface area contributed by atoms with E-state index >= 15 is 0 Å². The van der Waals surface area contributed by atoms with E-state index in [1.807, 2.05) is 35.0 Å². The molecule has 0 saturated heterocycles. The van der Waals surface area contributed by atoms with E-state index in [-0.39, 0.29) is 12.4 Å². The maximum Gasteiger partial charge on any atom is 0.0394 e. The molecule has 0 fully saturated rings.